The molecule has 0 saturated carbocycles. The van der Waals surface area contributed by atoms with Crippen LogP contribution in [0.15, 0.2) is 42.5 Å². The molecule has 0 aliphatic heterocycles. The molecular formula is C15H18N2O2. The van der Waals surface area contributed by atoms with Gasteiger partial charge in [-0.3, -0.25) is 5.43 Å². The minimum Gasteiger partial charge on any atom is -0.443 e. The Balaban J connectivity index is 2.08. The van der Waals surface area contributed by atoms with Crippen LogP contribution in [0.25, 0.3) is 10.8 Å². The number of carbonyl (C=O) groups excluding carboxylic acids is 1. The standard InChI is InChI=1S/C15H18N2O2/c1-15(2,3)19-14(18)17-16-13-10-6-8-11-7-4-5-9-12(11)13/h4-10,16H,1-3H3,(H,17,18). The summed E-state index contributed by atoms with van der Waals surface area (Å²) in [6.45, 7) is 5.47. The van der Waals surface area contributed by atoms with Crippen LogP contribution in [0.3, 0.4) is 0 Å². The minimum absolute atomic E-state index is 0.500. The maximum atomic E-state index is 11.6. The van der Waals surface area contributed by atoms with Crippen molar-refractivity contribution in [2.75, 3.05) is 5.43 Å². The molecule has 0 radical (unpaired) electrons. The van der Waals surface area contributed by atoms with Gasteiger partial charge in [0, 0.05) is 5.39 Å². The van der Waals surface area contributed by atoms with Crippen molar-refractivity contribution in [3.8, 4) is 0 Å². The van der Waals surface area contributed by atoms with Crippen LogP contribution in [0, 0.1) is 0 Å². The molecule has 4 heteroatoms. The molecule has 2 aromatic carbocycles. The highest BCUT2D eigenvalue weighted by Gasteiger charge is 2.15. The van der Waals surface area contributed by atoms with Crippen molar-refractivity contribution in [1.82, 2.24) is 5.43 Å². The molecule has 0 aliphatic carbocycles. The Morgan fingerprint density at radius 2 is 1.74 bits per heavy atom. The second-order valence-electron chi connectivity index (χ2n) is 5.28. The largest absolute Gasteiger partial charge is 0.443 e. The second kappa shape index (κ2) is 5.18. The fourth-order valence-electron chi connectivity index (χ4n) is 1.76. The molecule has 1 amide bonds. The molecule has 0 fully saturated rings. The van der Waals surface area contributed by atoms with E-state index in [1.165, 1.54) is 0 Å². The van der Waals surface area contributed by atoms with E-state index >= 15 is 0 Å². The van der Waals surface area contributed by atoms with E-state index in [1.54, 1.807) is 0 Å². The SMILES string of the molecule is CC(C)(C)OC(=O)NNc1cccc2ccccc12. The molecule has 0 heterocycles. The molecule has 0 unspecified atom stereocenters. The molecule has 100 valence electrons. The number of benzene rings is 2. The lowest BCUT2D eigenvalue weighted by atomic mass is 10.1. The summed E-state index contributed by atoms with van der Waals surface area (Å²) in [5.74, 6) is 0. The van der Waals surface area contributed by atoms with Crippen LogP contribution >= 0.6 is 0 Å². The molecule has 2 aromatic rings. The highest BCUT2D eigenvalue weighted by Crippen LogP contribution is 2.22. The third-order valence-corrected chi connectivity index (χ3v) is 2.49. The quantitative estimate of drug-likeness (QED) is 0.808. The second-order valence-corrected chi connectivity index (χ2v) is 5.28. The lowest BCUT2D eigenvalue weighted by Crippen LogP contribution is -2.35. The fourth-order valence-corrected chi connectivity index (χ4v) is 1.76. The van der Waals surface area contributed by atoms with Crippen molar-refractivity contribution in [2.45, 2.75) is 26.4 Å². The summed E-state index contributed by atoms with van der Waals surface area (Å²) < 4.78 is 5.16. The predicted molar refractivity (Wildman–Crippen MR) is 76.9 cm³/mol. The summed E-state index contributed by atoms with van der Waals surface area (Å²) in [6, 6.07) is 13.8. The summed E-state index contributed by atoms with van der Waals surface area (Å²) in [5, 5.41) is 2.15. The fraction of sp³-hybridized carbons (Fsp3) is 0.267. The van der Waals surface area contributed by atoms with Gasteiger partial charge in [-0.1, -0.05) is 36.4 Å². The number of anilines is 1. The van der Waals surface area contributed by atoms with Crippen LogP contribution in [-0.4, -0.2) is 11.7 Å². The summed E-state index contributed by atoms with van der Waals surface area (Å²) in [7, 11) is 0. The van der Waals surface area contributed by atoms with Crippen LogP contribution < -0.4 is 10.9 Å². The van der Waals surface area contributed by atoms with Gasteiger partial charge in [0.2, 0.25) is 0 Å². The van der Waals surface area contributed by atoms with E-state index in [4.69, 9.17) is 4.74 Å². The monoisotopic (exact) mass is 258 g/mol. The van der Waals surface area contributed by atoms with Gasteiger partial charge in [0.05, 0.1) is 5.69 Å². The van der Waals surface area contributed by atoms with Crippen molar-refractivity contribution in [1.29, 1.82) is 0 Å². The average Bonchev–Trinajstić information content (AvgIpc) is 2.34. The predicted octanol–water partition coefficient (Wildman–Crippen LogP) is 3.69. The maximum absolute atomic E-state index is 11.6. The van der Waals surface area contributed by atoms with Gasteiger partial charge in [-0.25, -0.2) is 10.2 Å². The smallest absolute Gasteiger partial charge is 0.426 e. The molecule has 19 heavy (non-hydrogen) atoms. The highest BCUT2D eigenvalue weighted by atomic mass is 16.6. The van der Waals surface area contributed by atoms with E-state index in [-0.39, 0.29) is 0 Å². The maximum Gasteiger partial charge on any atom is 0.426 e. The molecule has 0 spiro atoms. The van der Waals surface area contributed by atoms with Gasteiger partial charge in [-0.05, 0) is 32.2 Å². The van der Waals surface area contributed by atoms with Gasteiger partial charge in [0.1, 0.15) is 5.60 Å². The molecule has 0 aromatic heterocycles. The van der Waals surface area contributed by atoms with Crippen molar-refractivity contribution in [2.24, 2.45) is 0 Å². The van der Waals surface area contributed by atoms with Crippen molar-refractivity contribution < 1.29 is 9.53 Å². The van der Waals surface area contributed by atoms with Crippen LogP contribution in [0.5, 0.6) is 0 Å². The average molecular weight is 258 g/mol. The molecule has 2 rings (SSSR count). The summed E-state index contributed by atoms with van der Waals surface area (Å²) in [4.78, 5) is 11.6. The third-order valence-electron chi connectivity index (χ3n) is 2.49. The molecule has 0 bridgehead atoms. The lowest BCUT2D eigenvalue weighted by molar-refractivity contribution is 0.0541. The Bertz CT molecular complexity index is 583. The number of hydrogen-bond acceptors (Lipinski definition) is 3. The molecule has 0 saturated heterocycles. The Morgan fingerprint density at radius 3 is 2.47 bits per heavy atom. The summed E-state index contributed by atoms with van der Waals surface area (Å²) in [5.41, 5.74) is 5.75. The van der Waals surface area contributed by atoms with Crippen LogP contribution in [0.1, 0.15) is 20.8 Å². The van der Waals surface area contributed by atoms with Gasteiger partial charge in [0.25, 0.3) is 0 Å². The first kappa shape index (κ1) is 13.2. The van der Waals surface area contributed by atoms with Gasteiger partial charge < -0.3 is 4.74 Å². The molecule has 4 nitrogen and oxygen atoms in total. The van der Waals surface area contributed by atoms with E-state index in [0.29, 0.717) is 0 Å². The topological polar surface area (TPSA) is 50.4 Å². The Morgan fingerprint density at radius 1 is 1.05 bits per heavy atom. The van der Waals surface area contributed by atoms with Gasteiger partial charge >= 0.3 is 6.09 Å². The van der Waals surface area contributed by atoms with Gasteiger partial charge in [0.15, 0.2) is 0 Å². The normalized spacial score (nSPS) is 11.1. The Labute approximate surface area is 112 Å². The summed E-state index contributed by atoms with van der Waals surface area (Å²) in [6.07, 6.45) is -0.500. The van der Waals surface area contributed by atoms with Crippen LogP contribution in [0.4, 0.5) is 10.5 Å². The van der Waals surface area contributed by atoms with Crippen molar-refractivity contribution in [3.63, 3.8) is 0 Å². The molecule has 0 atom stereocenters. The van der Waals surface area contributed by atoms with Crippen molar-refractivity contribution in [3.05, 3.63) is 42.5 Å². The van der Waals surface area contributed by atoms with E-state index in [2.05, 4.69) is 10.9 Å². The zero-order valence-electron chi connectivity index (χ0n) is 11.4. The van der Waals surface area contributed by atoms with Gasteiger partial charge in [-0.15, -0.1) is 0 Å². The van der Waals surface area contributed by atoms with Crippen LogP contribution in [-0.2, 0) is 4.74 Å². The molecule has 0 aliphatic rings. The number of ether oxygens (including phenoxy) is 1. The minimum atomic E-state index is -0.509. The van der Waals surface area contributed by atoms with E-state index in [0.717, 1.165) is 16.5 Å². The van der Waals surface area contributed by atoms with E-state index in [9.17, 15) is 4.79 Å². The highest BCUT2D eigenvalue weighted by molar-refractivity contribution is 5.94. The zero-order valence-corrected chi connectivity index (χ0v) is 11.4. The Hall–Kier alpha value is -2.23. The van der Waals surface area contributed by atoms with E-state index in [1.807, 2.05) is 63.2 Å². The zero-order chi connectivity index (χ0) is 13.9. The van der Waals surface area contributed by atoms with Gasteiger partial charge in [-0.2, -0.15) is 0 Å². The van der Waals surface area contributed by atoms with Crippen molar-refractivity contribution >= 4 is 22.6 Å². The van der Waals surface area contributed by atoms with E-state index < -0.39 is 11.7 Å². The first-order valence-electron chi connectivity index (χ1n) is 6.18. The Kier molecular flexibility index (Phi) is 3.60. The number of hydrogen-bond donors (Lipinski definition) is 2. The third kappa shape index (κ3) is 3.61. The number of fused-ring (bicyclic) bond motifs is 1. The molecular weight excluding hydrogens is 240 g/mol. The lowest BCUT2D eigenvalue weighted by Gasteiger charge is -2.20. The number of hydrazine groups is 1. The van der Waals surface area contributed by atoms with Crippen LogP contribution in [0.2, 0.25) is 0 Å². The molecule has 2 N–H and O–H groups in total. The number of amides is 1. The number of nitrogens with one attached hydrogen (secondary N) is 2. The number of carbonyl (C=O) groups is 1. The first-order valence-corrected chi connectivity index (χ1v) is 6.18. The summed E-state index contributed by atoms with van der Waals surface area (Å²) >= 11 is 0. The number of rotatable bonds is 2. The first-order chi connectivity index (χ1) is 8.96.